The summed E-state index contributed by atoms with van der Waals surface area (Å²) in [6.45, 7) is 3.17. The van der Waals surface area contributed by atoms with E-state index in [1.54, 1.807) is 26.2 Å². The number of anilines is 1. The monoisotopic (exact) mass is 456 g/mol. The van der Waals surface area contributed by atoms with Gasteiger partial charge in [0.1, 0.15) is 27.5 Å². The number of ether oxygens (including phenoxy) is 4. The van der Waals surface area contributed by atoms with Crippen LogP contribution >= 0.6 is 11.3 Å². The lowest BCUT2D eigenvalue weighted by Crippen LogP contribution is -2.38. The highest BCUT2D eigenvalue weighted by Crippen LogP contribution is 2.40. The molecular weight excluding hydrogens is 428 g/mol. The summed E-state index contributed by atoms with van der Waals surface area (Å²) in [7, 11) is 4.88. The maximum Gasteiger partial charge on any atom is 0.233 e. The molecule has 1 aliphatic rings. The maximum absolute atomic E-state index is 13.5. The molecule has 2 heterocycles. The first-order chi connectivity index (χ1) is 15.5. The van der Waals surface area contributed by atoms with Gasteiger partial charge in [0, 0.05) is 6.61 Å². The Labute approximate surface area is 191 Å². The van der Waals surface area contributed by atoms with Crippen molar-refractivity contribution in [1.29, 1.82) is 0 Å². The molecule has 0 saturated carbocycles. The van der Waals surface area contributed by atoms with Gasteiger partial charge in [-0.15, -0.1) is 0 Å². The molecule has 1 aliphatic heterocycles. The first-order valence-corrected chi connectivity index (χ1v) is 11.4. The largest absolute Gasteiger partial charge is 0.496 e. The predicted molar refractivity (Wildman–Crippen MR) is 125 cm³/mol. The number of hydrogen-bond acceptors (Lipinski definition) is 7. The van der Waals surface area contributed by atoms with E-state index in [2.05, 4.69) is 0 Å². The van der Waals surface area contributed by atoms with Crippen LogP contribution in [0.25, 0.3) is 10.2 Å². The molecule has 170 valence electrons. The summed E-state index contributed by atoms with van der Waals surface area (Å²) in [6.07, 6.45) is 2.21. The summed E-state index contributed by atoms with van der Waals surface area (Å²) in [5.41, 5.74) is 2.62. The zero-order valence-electron chi connectivity index (χ0n) is 18.8. The van der Waals surface area contributed by atoms with Crippen LogP contribution in [0, 0.1) is 6.92 Å². The molecule has 7 nitrogen and oxygen atoms in total. The van der Waals surface area contributed by atoms with Gasteiger partial charge in [-0.25, -0.2) is 4.98 Å². The van der Waals surface area contributed by atoms with Gasteiger partial charge in [-0.3, -0.25) is 9.69 Å². The lowest BCUT2D eigenvalue weighted by molar-refractivity contribution is -0.118. The number of methoxy groups -OCH3 is 3. The number of benzene rings is 2. The molecule has 1 unspecified atom stereocenters. The number of hydrogen-bond donors (Lipinski definition) is 0. The maximum atomic E-state index is 13.5. The molecule has 3 aromatic rings. The van der Waals surface area contributed by atoms with Gasteiger partial charge in [0.2, 0.25) is 5.91 Å². The Kier molecular flexibility index (Phi) is 6.81. The van der Waals surface area contributed by atoms with E-state index < -0.39 is 0 Å². The zero-order valence-corrected chi connectivity index (χ0v) is 19.7. The fourth-order valence-corrected chi connectivity index (χ4v) is 5.09. The number of fused-ring (bicyclic) bond motifs is 1. The van der Waals surface area contributed by atoms with Crippen LogP contribution < -0.4 is 19.1 Å². The smallest absolute Gasteiger partial charge is 0.233 e. The summed E-state index contributed by atoms with van der Waals surface area (Å²) in [4.78, 5) is 20.0. The number of thiazole rings is 1. The number of carbonyl (C=O) groups is 1. The van der Waals surface area contributed by atoms with Crippen molar-refractivity contribution in [2.24, 2.45) is 0 Å². The van der Waals surface area contributed by atoms with Crippen LogP contribution in [0.5, 0.6) is 17.2 Å². The van der Waals surface area contributed by atoms with Crippen molar-refractivity contribution in [2.45, 2.75) is 32.3 Å². The van der Waals surface area contributed by atoms with Crippen molar-refractivity contribution < 1.29 is 23.7 Å². The molecule has 1 aromatic heterocycles. The standard InChI is InChI=1S/C24H28N2O5S/c1-15-12-16(7-8-18(15)28-2)13-21(27)26(14-17-6-5-11-31-17)24-25-22-19(29-3)9-10-20(30-4)23(22)32-24/h7-10,12,17H,5-6,11,13-14H2,1-4H3. The topological polar surface area (TPSA) is 70.1 Å². The van der Waals surface area contributed by atoms with E-state index in [0.717, 1.165) is 41.0 Å². The van der Waals surface area contributed by atoms with Gasteiger partial charge in [-0.2, -0.15) is 0 Å². The van der Waals surface area contributed by atoms with E-state index in [0.29, 0.717) is 28.7 Å². The second-order valence-electron chi connectivity index (χ2n) is 7.76. The highest BCUT2D eigenvalue weighted by Gasteiger charge is 2.27. The van der Waals surface area contributed by atoms with Crippen LogP contribution in [-0.4, -0.2) is 51.5 Å². The number of aromatic nitrogens is 1. The molecule has 0 radical (unpaired) electrons. The van der Waals surface area contributed by atoms with Crippen LogP contribution in [0.1, 0.15) is 24.0 Å². The number of carbonyl (C=O) groups excluding carboxylic acids is 1. The van der Waals surface area contributed by atoms with Gasteiger partial charge >= 0.3 is 0 Å². The quantitative estimate of drug-likeness (QED) is 0.501. The van der Waals surface area contributed by atoms with Crippen LogP contribution in [0.15, 0.2) is 30.3 Å². The van der Waals surface area contributed by atoms with E-state index in [-0.39, 0.29) is 18.4 Å². The normalized spacial score (nSPS) is 15.7. The minimum atomic E-state index is -0.0259. The van der Waals surface area contributed by atoms with E-state index in [9.17, 15) is 4.79 Å². The molecule has 0 bridgehead atoms. The first kappa shape index (κ1) is 22.4. The van der Waals surface area contributed by atoms with Crippen molar-refractivity contribution in [3.8, 4) is 17.2 Å². The fraction of sp³-hybridized carbons (Fsp3) is 0.417. The van der Waals surface area contributed by atoms with Gasteiger partial charge in [-0.1, -0.05) is 23.5 Å². The van der Waals surface area contributed by atoms with Crippen molar-refractivity contribution >= 4 is 32.6 Å². The van der Waals surface area contributed by atoms with Gasteiger partial charge < -0.3 is 18.9 Å². The molecule has 0 N–H and O–H groups in total. The van der Waals surface area contributed by atoms with Crippen molar-refractivity contribution in [1.82, 2.24) is 4.98 Å². The van der Waals surface area contributed by atoms with Crippen molar-refractivity contribution in [3.63, 3.8) is 0 Å². The molecule has 32 heavy (non-hydrogen) atoms. The third kappa shape index (κ3) is 4.52. The van der Waals surface area contributed by atoms with Crippen LogP contribution in [-0.2, 0) is 16.0 Å². The summed E-state index contributed by atoms with van der Waals surface area (Å²) in [5.74, 6) is 2.14. The minimum Gasteiger partial charge on any atom is -0.496 e. The number of aryl methyl sites for hydroxylation is 1. The summed E-state index contributed by atoms with van der Waals surface area (Å²) < 4.78 is 23.0. The average Bonchev–Trinajstić information content (AvgIpc) is 3.46. The minimum absolute atomic E-state index is 0.00681. The van der Waals surface area contributed by atoms with Gasteiger partial charge in [0.15, 0.2) is 5.13 Å². The van der Waals surface area contributed by atoms with E-state index >= 15 is 0 Å². The molecule has 0 aliphatic carbocycles. The lowest BCUT2D eigenvalue weighted by atomic mass is 10.1. The Morgan fingerprint density at radius 2 is 1.84 bits per heavy atom. The third-order valence-corrected chi connectivity index (χ3v) is 6.75. The molecule has 1 amide bonds. The van der Waals surface area contributed by atoms with Crippen molar-refractivity contribution in [2.75, 3.05) is 39.4 Å². The van der Waals surface area contributed by atoms with E-state index in [1.165, 1.54) is 11.3 Å². The van der Waals surface area contributed by atoms with Crippen LogP contribution in [0.2, 0.25) is 0 Å². The van der Waals surface area contributed by atoms with E-state index in [4.69, 9.17) is 23.9 Å². The highest BCUT2D eigenvalue weighted by molar-refractivity contribution is 7.22. The average molecular weight is 457 g/mol. The van der Waals surface area contributed by atoms with Gasteiger partial charge in [0.05, 0.1) is 40.4 Å². The Morgan fingerprint density at radius 1 is 1.12 bits per heavy atom. The Bertz CT molecular complexity index is 1070. The molecule has 8 heteroatoms. The summed E-state index contributed by atoms with van der Waals surface area (Å²) in [6, 6.07) is 9.51. The van der Waals surface area contributed by atoms with Crippen LogP contribution in [0.3, 0.4) is 0 Å². The first-order valence-electron chi connectivity index (χ1n) is 10.6. The van der Waals surface area contributed by atoms with Gasteiger partial charge in [-0.05, 0) is 49.1 Å². The lowest BCUT2D eigenvalue weighted by Gasteiger charge is -2.23. The van der Waals surface area contributed by atoms with Crippen LogP contribution in [0.4, 0.5) is 5.13 Å². The second kappa shape index (κ2) is 9.75. The molecule has 4 rings (SSSR count). The molecule has 0 spiro atoms. The molecule has 1 saturated heterocycles. The van der Waals surface area contributed by atoms with E-state index in [1.807, 2.05) is 37.3 Å². The zero-order chi connectivity index (χ0) is 22.7. The number of nitrogens with zero attached hydrogens (tertiary/aromatic N) is 2. The molecule has 1 fully saturated rings. The Hall–Kier alpha value is -2.84. The number of amides is 1. The van der Waals surface area contributed by atoms with Gasteiger partial charge in [0.25, 0.3) is 0 Å². The Balaban J connectivity index is 1.68. The fourth-order valence-electron chi connectivity index (χ4n) is 3.99. The second-order valence-corrected chi connectivity index (χ2v) is 8.74. The highest BCUT2D eigenvalue weighted by atomic mass is 32.1. The molecule has 2 aromatic carbocycles. The SMILES string of the molecule is COc1ccc(CC(=O)N(CC2CCCO2)c2nc3c(OC)ccc(OC)c3s2)cc1C. The molecular formula is C24H28N2O5S. The van der Waals surface area contributed by atoms with Crippen molar-refractivity contribution in [3.05, 3.63) is 41.5 Å². The molecule has 1 atom stereocenters. The summed E-state index contributed by atoms with van der Waals surface area (Å²) in [5, 5.41) is 0.619. The Morgan fingerprint density at radius 3 is 2.50 bits per heavy atom. The number of rotatable bonds is 8. The third-order valence-electron chi connectivity index (χ3n) is 5.66. The predicted octanol–water partition coefficient (Wildman–Crippen LogP) is 4.39. The summed E-state index contributed by atoms with van der Waals surface area (Å²) >= 11 is 1.43.